The highest BCUT2D eigenvalue weighted by molar-refractivity contribution is 7.89. The Morgan fingerprint density at radius 3 is 2.34 bits per heavy atom. The zero-order valence-electron chi connectivity index (χ0n) is 18.1. The van der Waals surface area contributed by atoms with Crippen LogP contribution in [0.5, 0.6) is 5.75 Å². The molecule has 6 nitrogen and oxygen atoms in total. The van der Waals surface area contributed by atoms with Crippen molar-refractivity contribution in [2.75, 3.05) is 32.8 Å². The van der Waals surface area contributed by atoms with Gasteiger partial charge in [0.1, 0.15) is 10.6 Å². The minimum absolute atomic E-state index is 0.0260. The van der Waals surface area contributed by atoms with Gasteiger partial charge in [-0.15, -0.1) is 0 Å². The molecule has 2 aliphatic rings. The van der Waals surface area contributed by atoms with E-state index in [-0.39, 0.29) is 15.8 Å². The van der Waals surface area contributed by atoms with Crippen LogP contribution in [0.4, 0.5) is 0 Å². The largest absolute Gasteiger partial charge is 0.493 e. The van der Waals surface area contributed by atoms with Gasteiger partial charge in [-0.25, -0.2) is 8.42 Å². The van der Waals surface area contributed by atoms with E-state index in [0.29, 0.717) is 44.3 Å². The lowest BCUT2D eigenvalue weighted by Gasteiger charge is -2.32. The van der Waals surface area contributed by atoms with Crippen molar-refractivity contribution in [2.24, 2.45) is 5.92 Å². The predicted octanol–water partition coefficient (Wildman–Crippen LogP) is 4.45. The van der Waals surface area contributed by atoms with Gasteiger partial charge >= 0.3 is 0 Å². The summed E-state index contributed by atoms with van der Waals surface area (Å²) in [6.07, 6.45) is 4.43. The molecule has 4 rings (SSSR count). The van der Waals surface area contributed by atoms with E-state index in [9.17, 15) is 13.2 Å². The Balaban J connectivity index is 1.39. The number of ether oxygens (including phenoxy) is 1. The molecular weight excluding hydrogens is 448 g/mol. The molecule has 32 heavy (non-hydrogen) atoms. The number of carbonyl (C=O) groups is 1. The number of para-hydroxylation sites is 1. The highest BCUT2D eigenvalue weighted by atomic mass is 35.5. The second kappa shape index (κ2) is 10.2. The van der Waals surface area contributed by atoms with Crippen LogP contribution in [0.2, 0.25) is 5.02 Å². The first-order valence-corrected chi connectivity index (χ1v) is 13.0. The second-order valence-corrected chi connectivity index (χ2v) is 10.8. The van der Waals surface area contributed by atoms with Gasteiger partial charge in [0.15, 0.2) is 0 Å². The Morgan fingerprint density at radius 1 is 0.969 bits per heavy atom. The van der Waals surface area contributed by atoms with Gasteiger partial charge in [-0.05, 0) is 61.9 Å². The molecule has 0 radical (unpaired) electrons. The molecule has 2 heterocycles. The SMILES string of the molecule is O=C(c1ccc(Cl)c(S(=O)(=O)N2CCCCC2)c1)N1CCC(COc2ccccc2)CC1. The van der Waals surface area contributed by atoms with E-state index in [1.807, 2.05) is 30.3 Å². The number of hydrogen-bond acceptors (Lipinski definition) is 4. The standard InChI is InChI=1S/C24H29ClN2O4S/c25-22-10-9-20(17-23(22)32(29,30)27-13-5-2-6-14-27)24(28)26-15-11-19(12-16-26)18-31-21-7-3-1-4-8-21/h1,3-4,7-10,17,19H,2,5-6,11-16,18H2. The number of piperidine rings is 2. The number of sulfonamides is 1. The quantitative estimate of drug-likeness (QED) is 0.618. The number of likely N-dealkylation sites (tertiary alicyclic amines) is 1. The Labute approximate surface area is 195 Å². The van der Waals surface area contributed by atoms with Crippen molar-refractivity contribution in [1.29, 1.82) is 0 Å². The van der Waals surface area contributed by atoms with Crippen LogP contribution in [-0.2, 0) is 10.0 Å². The highest BCUT2D eigenvalue weighted by Gasteiger charge is 2.30. The zero-order valence-corrected chi connectivity index (χ0v) is 19.7. The lowest BCUT2D eigenvalue weighted by Crippen LogP contribution is -2.40. The third kappa shape index (κ3) is 5.27. The van der Waals surface area contributed by atoms with Crippen molar-refractivity contribution in [3.8, 4) is 5.75 Å². The fraction of sp³-hybridized carbons (Fsp3) is 0.458. The molecule has 172 valence electrons. The fourth-order valence-corrected chi connectivity index (χ4v) is 6.31. The summed E-state index contributed by atoms with van der Waals surface area (Å²) in [6.45, 7) is 2.87. The van der Waals surface area contributed by atoms with Crippen molar-refractivity contribution in [3.05, 3.63) is 59.1 Å². The Morgan fingerprint density at radius 2 is 1.66 bits per heavy atom. The van der Waals surface area contributed by atoms with Crippen LogP contribution in [0.15, 0.2) is 53.4 Å². The topological polar surface area (TPSA) is 66.9 Å². The third-order valence-electron chi connectivity index (χ3n) is 6.24. The molecule has 0 unspecified atom stereocenters. The maximum absolute atomic E-state index is 13.1. The number of carbonyl (C=O) groups excluding carboxylic acids is 1. The molecule has 0 aliphatic carbocycles. The molecule has 2 saturated heterocycles. The van der Waals surface area contributed by atoms with Crippen molar-refractivity contribution < 1.29 is 17.9 Å². The fourth-order valence-electron chi connectivity index (χ4n) is 4.29. The number of benzene rings is 2. The molecule has 2 aromatic carbocycles. The van der Waals surface area contributed by atoms with E-state index in [2.05, 4.69) is 0 Å². The van der Waals surface area contributed by atoms with Crippen LogP contribution in [0.3, 0.4) is 0 Å². The monoisotopic (exact) mass is 476 g/mol. The smallest absolute Gasteiger partial charge is 0.253 e. The minimum atomic E-state index is -3.71. The van der Waals surface area contributed by atoms with Crippen molar-refractivity contribution in [2.45, 2.75) is 37.0 Å². The summed E-state index contributed by atoms with van der Waals surface area (Å²) in [5.74, 6) is 1.09. The van der Waals surface area contributed by atoms with Gasteiger partial charge in [0, 0.05) is 31.7 Å². The van der Waals surface area contributed by atoms with E-state index >= 15 is 0 Å². The zero-order chi connectivity index (χ0) is 22.6. The summed E-state index contributed by atoms with van der Waals surface area (Å²) >= 11 is 6.25. The molecule has 2 aromatic rings. The van der Waals surface area contributed by atoms with Gasteiger partial charge in [-0.1, -0.05) is 36.2 Å². The number of nitrogens with zero attached hydrogens (tertiary/aromatic N) is 2. The molecular formula is C24H29ClN2O4S. The number of rotatable bonds is 6. The summed E-state index contributed by atoms with van der Waals surface area (Å²) in [6, 6.07) is 14.3. The van der Waals surface area contributed by atoms with Crippen LogP contribution >= 0.6 is 11.6 Å². The average molecular weight is 477 g/mol. The van der Waals surface area contributed by atoms with E-state index in [1.54, 1.807) is 11.0 Å². The summed E-state index contributed by atoms with van der Waals surface area (Å²) in [5, 5.41) is 0.156. The summed E-state index contributed by atoms with van der Waals surface area (Å²) in [4.78, 5) is 14.9. The normalized spacial score (nSPS) is 18.5. The minimum Gasteiger partial charge on any atom is -0.493 e. The Hall–Kier alpha value is -2.09. The van der Waals surface area contributed by atoms with Gasteiger partial charge < -0.3 is 9.64 Å². The van der Waals surface area contributed by atoms with Crippen molar-refractivity contribution in [1.82, 2.24) is 9.21 Å². The predicted molar refractivity (Wildman–Crippen MR) is 125 cm³/mol. The van der Waals surface area contributed by atoms with E-state index in [0.717, 1.165) is 37.9 Å². The molecule has 8 heteroatoms. The van der Waals surface area contributed by atoms with Gasteiger partial charge in [0.05, 0.1) is 11.6 Å². The van der Waals surface area contributed by atoms with Crippen LogP contribution in [-0.4, -0.2) is 56.3 Å². The molecule has 0 N–H and O–H groups in total. The maximum Gasteiger partial charge on any atom is 0.253 e. The first kappa shape index (κ1) is 23.1. The number of amides is 1. The molecule has 1 amide bonds. The lowest BCUT2D eigenvalue weighted by atomic mass is 9.97. The second-order valence-electron chi connectivity index (χ2n) is 8.47. The molecule has 0 bridgehead atoms. The van der Waals surface area contributed by atoms with Gasteiger partial charge in [0.25, 0.3) is 5.91 Å². The van der Waals surface area contributed by atoms with Crippen LogP contribution in [0.1, 0.15) is 42.5 Å². The van der Waals surface area contributed by atoms with Gasteiger partial charge in [-0.3, -0.25) is 4.79 Å². The first-order chi connectivity index (χ1) is 15.4. The van der Waals surface area contributed by atoms with Crippen molar-refractivity contribution >= 4 is 27.5 Å². The van der Waals surface area contributed by atoms with E-state index in [4.69, 9.17) is 16.3 Å². The molecule has 0 spiro atoms. The van der Waals surface area contributed by atoms with Crippen LogP contribution in [0, 0.1) is 5.92 Å². The average Bonchev–Trinajstić information content (AvgIpc) is 2.84. The van der Waals surface area contributed by atoms with E-state index < -0.39 is 10.0 Å². The maximum atomic E-state index is 13.1. The summed E-state index contributed by atoms with van der Waals surface area (Å²) in [5.41, 5.74) is 0.365. The van der Waals surface area contributed by atoms with Crippen LogP contribution < -0.4 is 4.74 Å². The summed E-state index contributed by atoms with van der Waals surface area (Å²) < 4.78 is 33.5. The van der Waals surface area contributed by atoms with Gasteiger partial charge in [-0.2, -0.15) is 4.31 Å². The molecule has 0 saturated carbocycles. The van der Waals surface area contributed by atoms with Crippen molar-refractivity contribution in [3.63, 3.8) is 0 Å². The summed E-state index contributed by atoms with van der Waals surface area (Å²) in [7, 11) is -3.71. The molecule has 2 fully saturated rings. The van der Waals surface area contributed by atoms with Gasteiger partial charge in [0.2, 0.25) is 10.0 Å². The van der Waals surface area contributed by atoms with Crippen LogP contribution in [0.25, 0.3) is 0 Å². The first-order valence-electron chi connectivity index (χ1n) is 11.2. The Bertz CT molecular complexity index is 1030. The third-order valence-corrected chi connectivity index (χ3v) is 8.62. The molecule has 0 atom stereocenters. The van der Waals surface area contributed by atoms with E-state index in [1.165, 1.54) is 16.4 Å². The molecule has 2 aliphatic heterocycles. The molecule has 0 aromatic heterocycles. The highest BCUT2D eigenvalue weighted by Crippen LogP contribution is 2.29. The number of hydrogen-bond donors (Lipinski definition) is 0. The lowest BCUT2D eigenvalue weighted by molar-refractivity contribution is 0.0661. The Kier molecular flexibility index (Phi) is 7.38. The number of halogens is 1.